The molecular formula is C18H18ClFN2O2. The van der Waals surface area contributed by atoms with E-state index in [0.29, 0.717) is 5.02 Å². The molecule has 0 saturated carbocycles. The van der Waals surface area contributed by atoms with Crippen LogP contribution in [0.1, 0.15) is 41.3 Å². The molecule has 1 aromatic heterocycles. The average Bonchev–Trinajstić information content (AvgIpc) is 2.58. The number of rotatable bonds is 3. The number of nitrogens with zero attached hydrogens (tertiary/aromatic N) is 1. The lowest BCUT2D eigenvalue weighted by atomic mass is 9.81. The standard InChI is InChI=1S/C18H18ClFN2O2/c1-11-4-2-6-14(19)12(11)10-22-17(24)18(20)8-7-15(23)16-13(18)5-3-9-21-16/h2-6,9,15,23H,7-8,10H2,1H3,(H,22,24). The van der Waals surface area contributed by atoms with Crippen molar-refractivity contribution in [1.82, 2.24) is 10.3 Å². The highest BCUT2D eigenvalue weighted by Crippen LogP contribution is 2.42. The molecule has 24 heavy (non-hydrogen) atoms. The molecule has 0 aliphatic heterocycles. The minimum absolute atomic E-state index is 0.0831. The van der Waals surface area contributed by atoms with Crippen molar-refractivity contribution in [1.29, 1.82) is 0 Å². The monoisotopic (exact) mass is 348 g/mol. The Hall–Kier alpha value is -1.98. The number of fused-ring (bicyclic) bond motifs is 1. The number of benzene rings is 1. The van der Waals surface area contributed by atoms with Gasteiger partial charge >= 0.3 is 0 Å². The minimum Gasteiger partial charge on any atom is -0.387 e. The van der Waals surface area contributed by atoms with Crippen LogP contribution in [0.25, 0.3) is 0 Å². The molecular weight excluding hydrogens is 331 g/mol. The number of carbonyl (C=O) groups excluding carboxylic acids is 1. The van der Waals surface area contributed by atoms with E-state index in [9.17, 15) is 9.90 Å². The maximum absolute atomic E-state index is 15.4. The molecule has 2 unspecified atom stereocenters. The molecule has 0 saturated heterocycles. The highest BCUT2D eigenvalue weighted by Gasteiger charge is 2.46. The summed E-state index contributed by atoms with van der Waals surface area (Å²) in [5.41, 5.74) is -0.138. The van der Waals surface area contributed by atoms with Gasteiger partial charge in [0.05, 0.1) is 11.8 Å². The summed E-state index contributed by atoms with van der Waals surface area (Å²) in [6.45, 7) is 2.03. The maximum Gasteiger partial charge on any atom is 0.262 e. The van der Waals surface area contributed by atoms with E-state index in [4.69, 9.17) is 11.6 Å². The van der Waals surface area contributed by atoms with Gasteiger partial charge in [-0.2, -0.15) is 0 Å². The third kappa shape index (κ3) is 2.89. The first kappa shape index (κ1) is 16.9. The van der Waals surface area contributed by atoms with Gasteiger partial charge in [0.2, 0.25) is 5.67 Å². The van der Waals surface area contributed by atoms with E-state index in [1.165, 1.54) is 12.3 Å². The third-order valence-electron chi connectivity index (χ3n) is 4.48. The SMILES string of the molecule is Cc1cccc(Cl)c1CNC(=O)C1(F)CCC(O)c2ncccc21. The molecule has 1 aliphatic rings. The zero-order chi connectivity index (χ0) is 17.3. The Kier molecular flexibility index (Phi) is 4.56. The fourth-order valence-corrected chi connectivity index (χ4v) is 3.35. The van der Waals surface area contributed by atoms with Crippen LogP contribution < -0.4 is 5.32 Å². The summed E-state index contributed by atoms with van der Waals surface area (Å²) in [5, 5.41) is 13.1. The maximum atomic E-state index is 15.4. The van der Waals surface area contributed by atoms with E-state index in [-0.39, 0.29) is 30.6 Å². The van der Waals surface area contributed by atoms with E-state index in [2.05, 4.69) is 10.3 Å². The lowest BCUT2D eigenvalue weighted by molar-refractivity contribution is -0.135. The normalized spacial score (nSPS) is 22.8. The summed E-state index contributed by atoms with van der Waals surface area (Å²) in [6.07, 6.45) is 0.710. The van der Waals surface area contributed by atoms with Crippen molar-refractivity contribution >= 4 is 17.5 Å². The van der Waals surface area contributed by atoms with Crippen LogP contribution in [0.4, 0.5) is 4.39 Å². The number of nitrogens with one attached hydrogen (secondary N) is 1. The first-order valence-electron chi connectivity index (χ1n) is 7.78. The largest absolute Gasteiger partial charge is 0.387 e. The predicted octanol–water partition coefficient (Wildman–Crippen LogP) is 3.35. The summed E-state index contributed by atoms with van der Waals surface area (Å²) in [6, 6.07) is 8.51. The molecule has 2 aromatic rings. The molecule has 1 heterocycles. The average molecular weight is 349 g/mol. The number of aliphatic hydroxyl groups excluding tert-OH is 1. The molecule has 4 nitrogen and oxygen atoms in total. The number of aromatic nitrogens is 1. The van der Waals surface area contributed by atoms with Gasteiger partial charge < -0.3 is 10.4 Å². The molecule has 1 amide bonds. The topological polar surface area (TPSA) is 62.2 Å². The molecule has 126 valence electrons. The lowest BCUT2D eigenvalue weighted by Crippen LogP contribution is -2.44. The number of carbonyl (C=O) groups is 1. The second-order valence-electron chi connectivity index (χ2n) is 6.01. The predicted molar refractivity (Wildman–Crippen MR) is 89.3 cm³/mol. The Labute approximate surface area is 144 Å². The van der Waals surface area contributed by atoms with E-state index < -0.39 is 17.7 Å². The second-order valence-corrected chi connectivity index (χ2v) is 6.42. The number of hydrogen-bond acceptors (Lipinski definition) is 3. The van der Waals surface area contributed by atoms with Crippen LogP contribution in [0.5, 0.6) is 0 Å². The number of hydrogen-bond donors (Lipinski definition) is 2. The van der Waals surface area contributed by atoms with Crippen molar-refractivity contribution in [2.45, 2.75) is 38.1 Å². The van der Waals surface area contributed by atoms with Crippen LogP contribution in [0.15, 0.2) is 36.5 Å². The van der Waals surface area contributed by atoms with Gasteiger partial charge in [0, 0.05) is 23.3 Å². The van der Waals surface area contributed by atoms with Crippen LogP contribution in [0.2, 0.25) is 5.02 Å². The van der Waals surface area contributed by atoms with E-state index in [0.717, 1.165) is 11.1 Å². The Bertz CT molecular complexity index is 763. The Morgan fingerprint density at radius 2 is 2.25 bits per heavy atom. The van der Waals surface area contributed by atoms with Gasteiger partial charge in [0.25, 0.3) is 5.91 Å². The molecule has 0 spiro atoms. The zero-order valence-corrected chi connectivity index (χ0v) is 14.0. The van der Waals surface area contributed by atoms with E-state index in [1.807, 2.05) is 19.1 Å². The number of amides is 1. The molecule has 2 atom stereocenters. The summed E-state index contributed by atoms with van der Waals surface area (Å²) < 4.78 is 15.4. The molecule has 1 aliphatic carbocycles. The highest BCUT2D eigenvalue weighted by molar-refractivity contribution is 6.31. The molecule has 6 heteroatoms. The summed E-state index contributed by atoms with van der Waals surface area (Å²) in [5.74, 6) is -0.733. The first-order valence-corrected chi connectivity index (χ1v) is 8.16. The van der Waals surface area contributed by atoms with Crippen LogP contribution >= 0.6 is 11.6 Å². The van der Waals surface area contributed by atoms with Gasteiger partial charge in [-0.1, -0.05) is 29.8 Å². The van der Waals surface area contributed by atoms with Gasteiger partial charge in [-0.3, -0.25) is 9.78 Å². The number of aryl methyl sites for hydroxylation is 1. The molecule has 2 N–H and O–H groups in total. The van der Waals surface area contributed by atoms with E-state index >= 15 is 4.39 Å². The highest BCUT2D eigenvalue weighted by atomic mass is 35.5. The van der Waals surface area contributed by atoms with Crippen molar-refractivity contribution in [2.75, 3.05) is 0 Å². The van der Waals surface area contributed by atoms with Crippen molar-refractivity contribution in [2.24, 2.45) is 0 Å². The second kappa shape index (κ2) is 6.49. The number of halogens is 2. The fourth-order valence-electron chi connectivity index (χ4n) is 3.06. The Morgan fingerprint density at radius 1 is 1.46 bits per heavy atom. The van der Waals surface area contributed by atoms with Gasteiger partial charge in [-0.25, -0.2) is 4.39 Å². The summed E-state index contributed by atoms with van der Waals surface area (Å²) in [7, 11) is 0. The van der Waals surface area contributed by atoms with Crippen LogP contribution in [0.3, 0.4) is 0 Å². The lowest BCUT2D eigenvalue weighted by Gasteiger charge is -2.32. The van der Waals surface area contributed by atoms with Crippen molar-refractivity contribution < 1.29 is 14.3 Å². The third-order valence-corrected chi connectivity index (χ3v) is 4.84. The number of aliphatic hydroxyl groups is 1. The summed E-state index contributed by atoms with van der Waals surface area (Å²) in [4.78, 5) is 16.6. The van der Waals surface area contributed by atoms with Crippen molar-refractivity contribution in [3.05, 3.63) is 63.9 Å². The molecule has 0 bridgehead atoms. The molecule has 0 fully saturated rings. The van der Waals surface area contributed by atoms with Gasteiger partial charge in [0.15, 0.2) is 0 Å². The molecule has 3 rings (SSSR count). The minimum atomic E-state index is -2.20. The summed E-state index contributed by atoms with van der Waals surface area (Å²) >= 11 is 6.15. The van der Waals surface area contributed by atoms with Crippen molar-refractivity contribution in [3.63, 3.8) is 0 Å². The van der Waals surface area contributed by atoms with E-state index in [1.54, 1.807) is 12.1 Å². The zero-order valence-electron chi connectivity index (χ0n) is 13.2. The van der Waals surface area contributed by atoms with Gasteiger partial charge in [-0.05, 0) is 43.0 Å². The molecule has 0 radical (unpaired) electrons. The fraction of sp³-hybridized carbons (Fsp3) is 0.333. The van der Waals surface area contributed by atoms with Crippen LogP contribution in [-0.2, 0) is 17.0 Å². The van der Waals surface area contributed by atoms with Crippen LogP contribution in [-0.4, -0.2) is 16.0 Å². The quantitative estimate of drug-likeness (QED) is 0.894. The van der Waals surface area contributed by atoms with Gasteiger partial charge in [0.1, 0.15) is 0 Å². The molecule has 1 aromatic carbocycles. The van der Waals surface area contributed by atoms with Gasteiger partial charge in [-0.15, -0.1) is 0 Å². The Morgan fingerprint density at radius 3 is 3.00 bits per heavy atom. The Balaban J connectivity index is 1.84. The number of pyridine rings is 1. The van der Waals surface area contributed by atoms with Crippen molar-refractivity contribution in [3.8, 4) is 0 Å². The number of alkyl halides is 1. The smallest absolute Gasteiger partial charge is 0.262 e. The first-order chi connectivity index (χ1) is 11.4. The van der Waals surface area contributed by atoms with Crippen LogP contribution in [0, 0.1) is 6.92 Å².